The Balaban J connectivity index is 1.04. The number of carboxylic acid groups (broad SMARTS) is 1. The Kier molecular flexibility index (Phi) is 8.80. The van der Waals surface area contributed by atoms with Crippen molar-refractivity contribution in [2.24, 2.45) is 0 Å². The molecule has 9 heteroatoms. The van der Waals surface area contributed by atoms with E-state index in [1.807, 2.05) is 49.4 Å². The Morgan fingerprint density at radius 3 is 2.37 bits per heavy atom. The number of carboxylic acids is 1. The quantitative estimate of drug-likeness (QED) is 0.421. The standard InChI is InChI=1S/C32H35N5O4/c1-22-18-24(4-8-29(22)32(39)40)21-36-14-10-25(11-15-36)35-31(38)30-9-7-28(20-34-30)41-27-12-16-37(17-13-27)26-5-2-23(19-33)3-6-26/h2-9,18,20,25,27H,10-17,21H2,1H3,(H,35,38)(H,39,40). The summed E-state index contributed by atoms with van der Waals surface area (Å²) in [5, 5.41) is 21.3. The zero-order chi connectivity index (χ0) is 28.8. The molecule has 0 spiro atoms. The lowest BCUT2D eigenvalue weighted by molar-refractivity contribution is 0.0695. The number of nitriles is 1. The van der Waals surface area contributed by atoms with Gasteiger partial charge < -0.3 is 20.1 Å². The zero-order valence-electron chi connectivity index (χ0n) is 23.3. The van der Waals surface area contributed by atoms with E-state index in [1.54, 1.807) is 18.3 Å². The van der Waals surface area contributed by atoms with Crippen molar-refractivity contribution in [3.8, 4) is 11.8 Å². The number of aromatic nitrogens is 1. The fourth-order valence-electron chi connectivity index (χ4n) is 5.57. The number of nitrogens with one attached hydrogen (secondary N) is 1. The summed E-state index contributed by atoms with van der Waals surface area (Å²) in [7, 11) is 0. The van der Waals surface area contributed by atoms with Gasteiger partial charge in [0, 0.05) is 57.3 Å². The Morgan fingerprint density at radius 1 is 1.02 bits per heavy atom. The molecule has 0 radical (unpaired) electrons. The topological polar surface area (TPSA) is 119 Å². The van der Waals surface area contributed by atoms with Crippen molar-refractivity contribution in [1.82, 2.24) is 15.2 Å². The Bertz CT molecular complexity index is 1400. The fraction of sp³-hybridized carbons (Fsp3) is 0.375. The predicted molar refractivity (Wildman–Crippen MR) is 155 cm³/mol. The summed E-state index contributed by atoms with van der Waals surface area (Å²) in [5.74, 6) is -0.413. The number of anilines is 1. The molecular formula is C32H35N5O4. The molecule has 2 aliphatic heterocycles. The average Bonchev–Trinajstić information content (AvgIpc) is 2.99. The highest BCUT2D eigenvalue weighted by atomic mass is 16.5. The number of rotatable bonds is 8. The summed E-state index contributed by atoms with van der Waals surface area (Å²) in [4.78, 5) is 33.1. The van der Waals surface area contributed by atoms with Crippen molar-refractivity contribution >= 4 is 17.6 Å². The van der Waals surface area contributed by atoms with Gasteiger partial charge >= 0.3 is 5.97 Å². The molecule has 0 unspecified atom stereocenters. The number of nitrogens with zero attached hydrogens (tertiary/aromatic N) is 4. The maximum Gasteiger partial charge on any atom is 0.335 e. The Hall–Kier alpha value is -4.42. The van der Waals surface area contributed by atoms with Crippen LogP contribution in [0, 0.1) is 18.3 Å². The van der Waals surface area contributed by atoms with Gasteiger partial charge in [-0.05, 0) is 73.4 Å². The number of amides is 1. The summed E-state index contributed by atoms with van der Waals surface area (Å²) in [6, 6.07) is 18.9. The number of benzene rings is 2. The maximum atomic E-state index is 12.8. The Morgan fingerprint density at radius 2 is 1.76 bits per heavy atom. The van der Waals surface area contributed by atoms with Gasteiger partial charge in [-0.15, -0.1) is 0 Å². The molecule has 3 aromatic rings. The lowest BCUT2D eigenvalue weighted by Gasteiger charge is -2.33. The normalized spacial score (nSPS) is 16.6. The first kappa shape index (κ1) is 28.1. The molecule has 0 atom stereocenters. The van der Waals surface area contributed by atoms with Crippen LogP contribution in [0.3, 0.4) is 0 Å². The van der Waals surface area contributed by atoms with E-state index in [2.05, 4.69) is 26.2 Å². The number of hydrogen-bond donors (Lipinski definition) is 2. The largest absolute Gasteiger partial charge is 0.489 e. The molecule has 0 bridgehead atoms. The molecule has 2 N–H and O–H groups in total. The summed E-state index contributed by atoms with van der Waals surface area (Å²) in [6.07, 6.45) is 5.18. The number of likely N-dealkylation sites (tertiary alicyclic amines) is 1. The van der Waals surface area contributed by atoms with Gasteiger partial charge in [-0.2, -0.15) is 5.26 Å². The van der Waals surface area contributed by atoms with Crippen LogP contribution < -0.4 is 15.0 Å². The Labute approximate surface area is 240 Å². The maximum absolute atomic E-state index is 12.8. The van der Waals surface area contributed by atoms with E-state index in [-0.39, 0.29) is 18.1 Å². The van der Waals surface area contributed by atoms with Crippen LogP contribution in [0.15, 0.2) is 60.8 Å². The van der Waals surface area contributed by atoms with E-state index in [0.717, 1.165) is 75.2 Å². The minimum Gasteiger partial charge on any atom is -0.489 e. The molecule has 1 aromatic heterocycles. The molecule has 5 rings (SSSR count). The zero-order valence-corrected chi connectivity index (χ0v) is 23.3. The molecule has 1 amide bonds. The van der Waals surface area contributed by atoms with Crippen LogP contribution in [0.4, 0.5) is 5.69 Å². The van der Waals surface area contributed by atoms with E-state index in [1.165, 1.54) is 0 Å². The van der Waals surface area contributed by atoms with Crippen LogP contribution in [0.2, 0.25) is 0 Å². The summed E-state index contributed by atoms with van der Waals surface area (Å²) in [6.45, 7) is 6.05. The van der Waals surface area contributed by atoms with Crippen LogP contribution in [0.5, 0.6) is 5.75 Å². The monoisotopic (exact) mass is 553 g/mol. The van der Waals surface area contributed by atoms with E-state index in [9.17, 15) is 14.7 Å². The van der Waals surface area contributed by atoms with Crippen molar-refractivity contribution in [3.05, 3.63) is 88.7 Å². The van der Waals surface area contributed by atoms with Crippen molar-refractivity contribution in [1.29, 1.82) is 5.26 Å². The number of aryl methyl sites for hydroxylation is 1. The molecular weight excluding hydrogens is 518 g/mol. The van der Waals surface area contributed by atoms with E-state index in [4.69, 9.17) is 10.00 Å². The van der Waals surface area contributed by atoms with E-state index in [0.29, 0.717) is 22.6 Å². The van der Waals surface area contributed by atoms with Crippen molar-refractivity contribution in [3.63, 3.8) is 0 Å². The van der Waals surface area contributed by atoms with E-state index < -0.39 is 5.97 Å². The smallest absolute Gasteiger partial charge is 0.335 e. The number of ether oxygens (including phenoxy) is 1. The lowest BCUT2D eigenvalue weighted by Crippen LogP contribution is -2.44. The number of hydrogen-bond acceptors (Lipinski definition) is 7. The molecule has 2 saturated heterocycles. The number of carbonyl (C=O) groups excluding carboxylic acids is 1. The predicted octanol–water partition coefficient (Wildman–Crippen LogP) is 4.40. The second-order valence-electron chi connectivity index (χ2n) is 10.8. The highest BCUT2D eigenvalue weighted by Crippen LogP contribution is 2.24. The van der Waals surface area contributed by atoms with Crippen LogP contribution in [0.25, 0.3) is 0 Å². The minimum atomic E-state index is -0.903. The fourth-order valence-corrected chi connectivity index (χ4v) is 5.57. The third-order valence-corrected chi connectivity index (χ3v) is 7.93. The number of aromatic carboxylic acids is 1. The number of carbonyl (C=O) groups is 2. The molecule has 0 aliphatic carbocycles. The van der Waals surface area contributed by atoms with Gasteiger partial charge in [-0.3, -0.25) is 9.69 Å². The third kappa shape index (κ3) is 7.21. The molecule has 0 saturated carbocycles. The van der Waals surface area contributed by atoms with Gasteiger partial charge in [-0.25, -0.2) is 9.78 Å². The van der Waals surface area contributed by atoms with Crippen molar-refractivity contribution in [2.75, 3.05) is 31.1 Å². The van der Waals surface area contributed by atoms with Gasteiger partial charge in [-0.1, -0.05) is 12.1 Å². The van der Waals surface area contributed by atoms with Gasteiger partial charge in [0.25, 0.3) is 5.91 Å². The molecule has 3 heterocycles. The molecule has 41 heavy (non-hydrogen) atoms. The molecule has 212 valence electrons. The van der Waals surface area contributed by atoms with Crippen LogP contribution in [0.1, 0.15) is 63.2 Å². The van der Waals surface area contributed by atoms with Crippen molar-refractivity contribution in [2.45, 2.75) is 51.3 Å². The number of piperidine rings is 2. The van der Waals surface area contributed by atoms with E-state index >= 15 is 0 Å². The van der Waals surface area contributed by atoms with Crippen LogP contribution in [-0.2, 0) is 6.54 Å². The minimum absolute atomic E-state index is 0.0916. The van der Waals surface area contributed by atoms with Gasteiger partial charge in [0.2, 0.25) is 0 Å². The number of pyridine rings is 1. The van der Waals surface area contributed by atoms with Crippen LogP contribution in [-0.4, -0.2) is 65.2 Å². The summed E-state index contributed by atoms with van der Waals surface area (Å²) < 4.78 is 6.15. The summed E-state index contributed by atoms with van der Waals surface area (Å²) in [5.41, 5.74) is 4.36. The van der Waals surface area contributed by atoms with Gasteiger partial charge in [0.05, 0.1) is 23.4 Å². The van der Waals surface area contributed by atoms with Gasteiger partial charge in [0.1, 0.15) is 17.5 Å². The van der Waals surface area contributed by atoms with Crippen molar-refractivity contribution < 1.29 is 19.4 Å². The van der Waals surface area contributed by atoms with Crippen LogP contribution >= 0.6 is 0 Å². The first-order chi connectivity index (χ1) is 19.9. The first-order valence-corrected chi connectivity index (χ1v) is 14.1. The highest BCUT2D eigenvalue weighted by Gasteiger charge is 2.23. The lowest BCUT2D eigenvalue weighted by atomic mass is 10.0. The second kappa shape index (κ2) is 12.8. The summed E-state index contributed by atoms with van der Waals surface area (Å²) >= 11 is 0. The second-order valence-corrected chi connectivity index (χ2v) is 10.8. The molecule has 2 aromatic carbocycles. The third-order valence-electron chi connectivity index (χ3n) is 7.93. The average molecular weight is 554 g/mol. The first-order valence-electron chi connectivity index (χ1n) is 14.1. The SMILES string of the molecule is Cc1cc(CN2CCC(NC(=O)c3ccc(OC4CCN(c5ccc(C#N)cc5)CC4)cn3)CC2)ccc1C(=O)O. The van der Waals surface area contributed by atoms with Gasteiger partial charge in [0.15, 0.2) is 0 Å². The highest BCUT2D eigenvalue weighted by molar-refractivity contribution is 5.92. The molecule has 9 nitrogen and oxygen atoms in total. The molecule has 2 aliphatic rings. The molecule has 2 fully saturated rings.